The number of methoxy groups -OCH3 is 1. The van der Waals surface area contributed by atoms with Crippen LogP contribution in [0.25, 0.3) is 22.0 Å². The number of rotatable bonds is 8. The first-order valence-electron chi connectivity index (χ1n) is 10.0. The van der Waals surface area contributed by atoms with E-state index in [1.54, 1.807) is 13.3 Å². The molecule has 4 rings (SSSR count). The quantitative estimate of drug-likeness (QED) is 0.448. The van der Waals surface area contributed by atoms with Crippen LogP contribution in [0.15, 0.2) is 55.0 Å². The molecular weight excluding hydrogens is 376 g/mol. The van der Waals surface area contributed by atoms with Crippen LogP contribution in [0.1, 0.15) is 18.9 Å². The molecule has 0 fully saturated rings. The van der Waals surface area contributed by atoms with Crippen LogP contribution in [-0.2, 0) is 6.54 Å². The largest absolute Gasteiger partial charge is 0.495 e. The maximum atomic E-state index is 5.61. The Labute approximate surface area is 176 Å². The second-order valence-electron chi connectivity index (χ2n) is 7.35. The molecule has 2 aromatic heterocycles. The van der Waals surface area contributed by atoms with E-state index in [-0.39, 0.29) is 0 Å². The molecule has 4 aromatic rings. The highest BCUT2D eigenvalue weighted by atomic mass is 16.5. The van der Waals surface area contributed by atoms with Crippen LogP contribution in [0.4, 0.5) is 11.6 Å². The molecule has 0 saturated heterocycles. The number of aromatic nitrogens is 4. The second-order valence-corrected chi connectivity index (χ2v) is 7.35. The highest BCUT2D eigenvalue weighted by Gasteiger charge is 2.09. The van der Waals surface area contributed by atoms with Gasteiger partial charge in [0.25, 0.3) is 0 Å². The first kappa shape index (κ1) is 19.8. The molecule has 2 aromatic carbocycles. The summed E-state index contributed by atoms with van der Waals surface area (Å²) in [5, 5.41) is 11.1. The number of aromatic amines is 1. The summed E-state index contributed by atoms with van der Waals surface area (Å²) in [6.45, 7) is 4.13. The minimum atomic E-state index is 0.529. The minimum Gasteiger partial charge on any atom is -0.495 e. The molecule has 0 spiro atoms. The van der Waals surface area contributed by atoms with Gasteiger partial charge in [0.05, 0.1) is 24.5 Å². The van der Waals surface area contributed by atoms with Gasteiger partial charge in [-0.15, -0.1) is 0 Å². The summed E-state index contributed by atoms with van der Waals surface area (Å²) in [7, 11) is 3.81. The molecular formula is C23H26N6O. The summed E-state index contributed by atoms with van der Waals surface area (Å²) in [5.41, 5.74) is 4.99. The lowest BCUT2D eigenvalue weighted by Gasteiger charge is -2.17. The lowest BCUT2D eigenvalue weighted by atomic mass is 10.1. The summed E-state index contributed by atoms with van der Waals surface area (Å²) < 4.78 is 5.61. The summed E-state index contributed by atoms with van der Waals surface area (Å²) in [6.07, 6.45) is 6.62. The Morgan fingerprint density at radius 3 is 2.77 bits per heavy atom. The van der Waals surface area contributed by atoms with Crippen molar-refractivity contribution in [2.75, 3.05) is 26.0 Å². The van der Waals surface area contributed by atoms with Crippen molar-refractivity contribution >= 4 is 22.5 Å². The first-order chi connectivity index (χ1) is 14.7. The number of ether oxygens (including phenoxy) is 1. The number of fused-ring (bicyclic) bond motifs is 1. The van der Waals surface area contributed by atoms with Gasteiger partial charge in [-0.2, -0.15) is 5.10 Å². The van der Waals surface area contributed by atoms with E-state index < -0.39 is 0 Å². The Morgan fingerprint density at radius 2 is 2.00 bits per heavy atom. The molecule has 0 amide bonds. The van der Waals surface area contributed by atoms with E-state index in [9.17, 15) is 0 Å². The van der Waals surface area contributed by atoms with E-state index >= 15 is 0 Å². The Morgan fingerprint density at radius 1 is 1.10 bits per heavy atom. The Bertz CT molecular complexity index is 1130. The summed E-state index contributed by atoms with van der Waals surface area (Å²) >= 11 is 0. The second kappa shape index (κ2) is 8.92. The number of H-pyrrole nitrogens is 1. The zero-order valence-corrected chi connectivity index (χ0v) is 17.5. The normalized spacial score (nSPS) is 11.2. The van der Waals surface area contributed by atoms with Crippen molar-refractivity contribution < 1.29 is 4.74 Å². The molecule has 0 saturated carbocycles. The smallest absolute Gasteiger partial charge is 0.227 e. The van der Waals surface area contributed by atoms with Gasteiger partial charge in [0.1, 0.15) is 5.75 Å². The summed E-state index contributed by atoms with van der Waals surface area (Å²) in [5.74, 6) is 1.30. The molecule has 7 nitrogen and oxygen atoms in total. The minimum absolute atomic E-state index is 0.529. The zero-order chi connectivity index (χ0) is 20.9. The number of hydrogen-bond acceptors (Lipinski definition) is 6. The number of nitrogens with zero attached hydrogens (tertiary/aromatic N) is 4. The predicted octanol–water partition coefficient (Wildman–Crippen LogP) is 4.61. The van der Waals surface area contributed by atoms with Crippen LogP contribution in [0.2, 0.25) is 0 Å². The maximum Gasteiger partial charge on any atom is 0.227 e. The number of hydrogen-bond donors (Lipinski definition) is 2. The molecule has 0 unspecified atom stereocenters. The number of nitrogens with one attached hydrogen (secondary N) is 2. The van der Waals surface area contributed by atoms with Crippen LogP contribution in [-0.4, -0.2) is 45.8 Å². The monoisotopic (exact) mass is 402 g/mol. The summed E-state index contributed by atoms with van der Waals surface area (Å²) in [4.78, 5) is 11.5. The van der Waals surface area contributed by atoms with Crippen LogP contribution < -0.4 is 10.1 Å². The van der Waals surface area contributed by atoms with Gasteiger partial charge in [0.2, 0.25) is 5.95 Å². The molecule has 2 heterocycles. The van der Waals surface area contributed by atoms with E-state index in [0.29, 0.717) is 5.95 Å². The van der Waals surface area contributed by atoms with Crippen LogP contribution in [0, 0.1) is 0 Å². The third kappa shape index (κ3) is 4.41. The average molecular weight is 403 g/mol. The molecule has 0 aliphatic carbocycles. The van der Waals surface area contributed by atoms with E-state index in [4.69, 9.17) is 9.72 Å². The molecule has 0 bridgehead atoms. The van der Waals surface area contributed by atoms with Crippen molar-refractivity contribution in [3.8, 4) is 16.9 Å². The highest BCUT2D eigenvalue weighted by molar-refractivity contribution is 5.84. The van der Waals surface area contributed by atoms with Crippen molar-refractivity contribution in [3.63, 3.8) is 0 Å². The molecule has 0 atom stereocenters. The van der Waals surface area contributed by atoms with Crippen molar-refractivity contribution in [3.05, 3.63) is 60.6 Å². The lowest BCUT2D eigenvalue weighted by Crippen LogP contribution is -2.18. The third-order valence-corrected chi connectivity index (χ3v) is 4.98. The van der Waals surface area contributed by atoms with E-state index in [1.165, 1.54) is 5.56 Å². The van der Waals surface area contributed by atoms with Crippen molar-refractivity contribution in [2.45, 2.75) is 19.9 Å². The van der Waals surface area contributed by atoms with Gasteiger partial charge in [-0.1, -0.05) is 25.1 Å². The lowest BCUT2D eigenvalue weighted by molar-refractivity contribution is 0.326. The predicted molar refractivity (Wildman–Crippen MR) is 120 cm³/mol. The fourth-order valence-corrected chi connectivity index (χ4v) is 3.50. The third-order valence-electron chi connectivity index (χ3n) is 4.98. The number of benzene rings is 2. The SMILES string of the molecule is CCCN(C)Cc1ccc(Nc2ncc3ccc(-c4cn[nH]c4)cc3n2)c(OC)c1. The van der Waals surface area contributed by atoms with E-state index in [0.717, 1.165) is 53.0 Å². The Kier molecular flexibility index (Phi) is 5.90. The summed E-state index contributed by atoms with van der Waals surface area (Å²) in [6, 6.07) is 12.3. The average Bonchev–Trinajstić information content (AvgIpc) is 3.29. The maximum absolute atomic E-state index is 5.61. The van der Waals surface area contributed by atoms with Crippen molar-refractivity contribution in [1.82, 2.24) is 25.1 Å². The van der Waals surface area contributed by atoms with Gasteiger partial charge in [-0.25, -0.2) is 9.97 Å². The highest BCUT2D eigenvalue weighted by Crippen LogP contribution is 2.29. The molecule has 0 radical (unpaired) electrons. The van der Waals surface area contributed by atoms with Gasteiger partial charge >= 0.3 is 0 Å². The fraction of sp³-hybridized carbons (Fsp3) is 0.261. The van der Waals surface area contributed by atoms with Crippen molar-refractivity contribution in [1.29, 1.82) is 0 Å². The first-order valence-corrected chi connectivity index (χ1v) is 10.0. The van der Waals surface area contributed by atoms with Gasteiger partial charge < -0.3 is 15.0 Å². The van der Waals surface area contributed by atoms with Gasteiger partial charge in [-0.3, -0.25) is 5.10 Å². The fourth-order valence-electron chi connectivity index (χ4n) is 3.50. The van der Waals surface area contributed by atoms with E-state index in [2.05, 4.69) is 51.5 Å². The molecule has 0 aliphatic heterocycles. The van der Waals surface area contributed by atoms with Crippen LogP contribution >= 0.6 is 0 Å². The van der Waals surface area contributed by atoms with Crippen LogP contribution in [0.3, 0.4) is 0 Å². The Hall–Kier alpha value is -3.45. The molecule has 7 heteroatoms. The molecule has 154 valence electrons. The van der Waals surface area contributed by atoms with Crippen molar-refractivity contribution in [2.24, 2.45) is 0 Å². The van der Waals surface area contributed by atoms with Gasteiger partial charge in [-0.05, 0) is 49.3 Å². The molecule has 0 aliphatic rings. The zero-order valence-electron chi connectivity index (χ0n) is 17.5. The molecule has 2 N–H and O–H groups in total. The molecule has 30 heavy (non-hydrogen) atoms. The van der Waals surface area contributed by atoms with E-state index in [1.807, 2.05) is 36.7 Å². The van der Waals surface area contributed by atoms with Gasteiger partial charge in [0.15, 0.2) is 0 Å². The standard InChI is InChI=1S/C23H26N6O/c1-4-9-29(2)15-16-5-8-20(22(10-16)30-3)27-23-24-12-18-7-6-17(11-21(18)28-23)19-13-25-26-14-19/h5-8,10-14H,4,9,15H2,1-3H3,(H,25,26)(H,24,27,28). The number of anilines is 2. The van der Waals surface area contributed by atoms with Gasteiger partial charge in [0, 0.05) is 29.9 Å². The topological polar surface area (TPSA) is 79.0 Å². The van der Waals surface area contributed by atoms with Crippen LogP contribution in [0.5, 0.6) is 5.75 Å². The Balaban J connectivity index is 1.58.